The van der Waals surface area contributed by atoms with E-state index in [4.69, 9.17) is 5.11 Å². The van der Waals surface area contributed by atoms with Crippen molar-refractivity contribution < 1.29 is 19.1 Å². The maximum absolute atomic E-state index is 13.4. The van der Waals surface area contributed by atoms with Crippen LogP contribution in [0, 0.1) is 11.7 Å². The third kappa shape index (κ3) is 2.83. The van der Waals surface area contributed by atoms with Crippen molar-refractivity contribution in [3.05, 3.63) is 35.6 Å². The number of carboxylic acid groups (broad SMARTS) is 1. The number of aliphatic carboxylic acids is 1. The van der Waals surface area contributed by atoms with E-state index >= 15 is 0 Å². The molecule has 6 heteroatoms. The molecule has 19 heavy (non-hydrogen) atoms. The molecule has 0 bridgehead atoms. The molecule has 5 nitrogen and oxygen atoms in total. The first-order valence-corrected chi connectivity index (χ1v) is 5.95. The molecule has 1 aromatic rings. The SMILES string of the molecule is CN(Cc1ccccc1F)C(=O)N1CC(C(=O)O)C1. The highest BCUT2D eigenvalue weighted by Gasteiger charge is 2.36. The number of urea groups is 1. The number of carboxylic acids is 1. The Balaban J connectivity index is 1.91. The average molecular weight is 266 g/mol. The number of benzene rings is 1. The Morgan fingerprint density at radius 2 is 2.05 bits per heavy atom. The first-order valence-electron chi connectivity index (χ1n) is 5.95. The molecule has 102 valence electrons. The number of likely N-dealkylation sites (tertiary alicyclic amines) is 1. The molecular formula is C13H15FN2O3. The van der Waals surface area contributed by atoms with E-state index < -0.39 is 11.9 Å². The number of carbonyl (C=O) groups excluding carboxylic acids is 1. The van der Waals surface area contributed by atoms with Gasteiger partial charge in [0, 0.05) is 32.2 Å². The number of nitrogens with zero attached hydrogens (tertiary/aromatic N) is 2. The quantitative estimate of drug-likeness (QED) is 0.899. The third-order valence-electron chi connectivity index (χ3n) is 3.19. The summed E-state index contributed by atoms with van der Waals surface area (Å²) in [5.74, 6) is -1.72. The summed E-state index contributed by atoms with van der Waals surface area (Å²) in [6.07, 6.45) is 0. The van der Waals surface area contributed by atoms with Gasteiger partial charge in [-0.25, -0.2) is 9.18 Å². The lowest BCUT2D eigenvalue weighted by molar-refractivity contribution is -0.146. The van der Waals surface area contributed by atoms with Crippen molar-refractivity contribution in [2.24, 2.45) is 5.92 Å². The van der Waals surface area contributed by atoms with Crippen LogP contribution in [0.2, 0.25) is 0 Å². The Hall–Kier alpha value is -2.11. The van der Waals surface area contributed by atoms with E-state index in [0.717, 1.165) is 0 Å². The Morgan fingerprint density at radius 1 is 1.42 bits per heavy atom. The molecule has 1 heterocycles. The van der Waals surface area contributed by atoms with Crippen molar-refractivity contribution in [3.63, 3.8) is 0 Å². The number of halogens is 1. The number of carbonyl (C=O) groups is 2. The van der Waals surface area contributed by atoms with Crippen LogP contribution in [-0.4, -0.2) is 47.0 Å². The Kier molecular flexibility index (Phi) is 3.69. The van der Waals surface area contributed by atoms with Gasteiger partial charge in [-0.15, -0.1) is 0 Å². The van der Waals surface area contributed by atoms with Crippen molar-refractivity contribution in [3.8, 4) is 0 Å². The van der Waals surface area contributed by atoms with Gasteiger partial charge in [0.1, 0.15) is 5.82 Å². The van der Waals surface area contributed by atoms with E-state index in [0.29, 0.717) is 5.56 Å². The van der Waals surface area contributed by atoms with Crippen LogP contribution in [0.3, 0.4) is 0 Å². The zero-order chi connectivity index (χ0) is 14.0. The van der Waals surface area contributed by atoms with Crippen molar-refractivity contribution in [1.82, 2.24) is 9.80 Å². The van der Waals surface area contributed by atoms with Gasteiger partial charge in [-0.05, 0) is 6.07 Å². The van der Waals surface area contributed by atoms with Gasteiger partial charge in [-0.1, -0.05) is 18.2 Å². The van der Waals surface area contributed by atoms with Gasteiger partial charge in [0.25, 0.3) is 0 Å². The van der Waals surface area contributed by atoms with E-state index in [9.17, 15) is 14.0 Å². The fourth-order valence-corrected chi connectivity index (χ4v) is 1.98. The molecule has 1 aliphatic heterocycles. The smallest absolute Gasteiger partial charge is 0.320 e. The number of amides is 2. The van der Waals surface area contributed by atoms with Gasteiger partial charge in [0.2, 0.25) is 0 Å². The molecule has 0 spiro atoms. The predicted molar refractivity (Wildman–Crippen MR) is 66.0 cm³/mol. The van der Waals surface area contributed by atoms with Crippen LogP contribution in [0.15, 0.2) is 24.3 Å². The number of hydrogen-bond acceptors (Lipinski definition) is 2. The molecular weight excluding hydrogens is 251 g/mol. The van der Waals surface area contributed by atoms with Gasteiger partial charge in [0.05, 0.1) is 5.92 Å². The van der Waals surface area contributed by atoms with Crippen LogP contribution < -0.4 is 0 Å². The largest absolute Gasteiger partial charge is 0.481 e. The molecule has 0 atom stereocenters. The van der Waals surface area contributed by atoms with Gasteiger partial charge in [-0.2, -0.15) is 0 Å². The Morgan fingerprint density at radius 3 is 2.63 bits per heavy atom. The van der Waals surface area contributed by atoms with Crippen LogP contribution in [-0.2, 0) is 11.3 Å². The standard InChI is InChI=1S/C13H15FN2O3/c1-15(6-9-4-2-3-5-11(9)14)13(19)16-7-10(8-16)12(17)18/h2-5,10H,6-8H2,1H3,(H,17,18). The van der Waals surface area contributed by atoms with Crippen molar-refractivity contribution in [1.29, 1.82) is 0 Å². The lowest BCUT2D eigenvalue weighted by Crippen LogP contribution is -2.56. The summed E-state index contributed by atoms with van der Waals surface area (Å²) in [5.41, 5.74) is 0.439. The summed E-state index contributed by atoms with van der Waals surface area (Å²) < 4.78 is 13.4. The van der Waals surface area contributed by atoms with E-state index in [1.165, 1.54) is 15.9 Å². The average Bonchev–Trinajstić information content (AvgIpc) is 2.29. The van der Waals surface area contributed by atoms with Crippen LogP contribution in [0.4, 0.5) is 9.18 Å². The molecule has 1 saturated heterocycles. The second-order valence-electron chi connectivity index (χ2n) is 4.67. The third-order valence-corrected chi connectivity index (χ3v) is 3.19. The minimum atomic E-state index is -0.888. The van der Waals surface area contributed by atoms with Gasteiger partial charge >= 0.3 is 12.0 Å². The Bertz CT molecular complexity index is 500. The summed E-state index contributed by atoms with van der Waals surface area (Å²) in [6.45, 7) is 0.602. The van der Waals surface area contributed by atoms with Crippen LogP contribution in [0.1, 0.15) is 5.56 Å². The lowest BCUT2D eigenvalue weighted by atomic mass is 10.0. The van der Waals surface area contributed by atoms with E-state index in [1.54, 1.807) is 25.2 Å². The zero-order valence-electron chi connectivity index (χ0n) is 10.5. The maximum Gasteiger partial charge on any atom is 0.320 e. The van der Waals surface area contributed by atoms with Crippen molar-refractivity contribution in [2.75, 3.05) is 20.1 Å². The summed E-state index contributed by atoms with van der Waals surface area (Å²) in [7, 11) is 1.57. The Labute approximate surface area is 110 Å². The highest BCUT2D eigenvalue weighted by molar-refractivity contribution is 5.79. The van der Waals surface area contributed by atoms with Crippen LogP contribution in [0.25, 0.3) is 0 Å². The zero-order valence-corrected chi connectivity index (χ0v) is 10.5. The molecule has 0 aliphatic carbocycles. The molecule has 0 aromatic heterocycles. The molecule has 0 unspecified atom stereocenters. The summed E-state index contributed by atoms with van der Waals surface area (Å²) in [4.78, 5) is 25.4. The highest BCUT2D eigenvalue weighted by Crippen LogP contribution is 2.18. The minimum absolute atomic E-state index is 0.166. The highest BCUT2D eigenvalue weighted by atomic mass is 19.1. The first-order chi connectivity index (χ1) is 8.99. The first kappa shape index (κ1) is 13.3. The van der Waals surface area contributed by atoms with Crippen molar-refractivity contribution >= 4 is 12.0 Å². The lowest BCUT2D eigenvalue weighted by Gasteiger charge is -2.39. The summed E-state index contributed by atoms with van der Waals surface area (Å²) in [6, 6.07) is 5.99. The van der Waals surface area contributed by atoms with Crippen LogP contribution >= 0.6 is 0 Å². The van der Waals surface area contributed by atoms with E-state index in [1.807, 2.05) is 0 Å². The normalized spacial score (nSPS) is 14.9. The van der Waals surface area contributed by atoms with Crippen LogP contribution in [0.5, 0.6) is 0 Å². The second-order valence-corrected chi connectivity index (χ2v) is 4.67. The second kappa shape index (κ2) is 5.26. The minimum Gasteiger partial charge on any atom is -0.481 e. The molecule has 1 aromatic carbocycles. The fourth-order valence-electron chi connectivity index (χ4n) is 1.98. The summed E-state index contributed by atoms with van der Waals surface area (Å²) >= 11 is 0. The molecule has 2 rings (SSSR count). The van der Waals surface area contributed by atoms with Gasteiger partial charge < -0.3 is 14.9 Å². The van der Waals surface area contributed by atoms with Crippen molar-refractivity contribution in [2.45, 2.75) is 6.54 Å². The maximum atomic E-state index is 13.4. The number of rotatable bonds is 3. The summed E-state index contributed by atoms with van der Waals surface area (Å²) in [5, 5.41) is 8.74. The van der Waals surface area contributed by atoms with E-state index in [2.05, 4.69) is 0 Å². The van der Waals surface area contributed by atoms with Gasteiger partial charge in [-0.3, -0.25) is 4.79 Å². The monoisotopic (exact) mass is 266 g/mol. The topological polar surface area (TPSA) is 60.9 Å². The fraction of sp³-hybridized carbons (Fsp3) is 0.385. The molecule has 1 aliphatic rings. The predicted octanol–water partition coefficient (Wildman–Crippen LogP) is 1.39. The van der Waals surface area contributed by atoms with Gasteiger partial charge in [0.15, 0.2) is 0 Å². The molecule has 2 amide bonds. The molecule has 0 radical (unpaired) electrons. The van der Waals surface area contributed by atoms with E-state index in [-0.39, 0.29) is 31.5 Å². The molecule has 1 N–H and O–H groups in total. The number of hydrogen-bond donors (Lipinski definition) is 1. The molecule has 0 saturated carbocycles. The molecule has 1 fully saturated rings.